The van der Waals surface area contributed by atoms with Crippen LogP contribution in [0.3, 0.4) is 0 Å². The van der Waals surface area contributed by atoms with Gasteiger partial charge in [-0.05, 0) is 6.92 Å². The van der Waals surface area contributed by atoms with Crippen LogP contribution in [0.2, 0.25) is 0 Å². The van der Waals surface area contributed by atoms with Gasteiger partial charge >= 0.3 is 0 Å². The number of nitrogens with zero attached hydrogens (tertiary/aromatic N) is 3. The van der Waals surface area contributed by atoms with E-state index in [0.717, 1.165) is 0 Å². The molecule has 1 aliphatic heterocycles. The van der Waals surface area contributed by atoms with Crippen LogP contribution >= 0.6 is 12.4 Å². The van der Waals surface area contributed by atoms with E-state index >= 15 is 0 Å². The Balaban J connectivity index is 0.00000288. The van der Waals surface area contributed by atoms with Crippen LogP contribution in [0, 0.1) is 0 Å². The fourth-order valence-corrected chi connectivity index (χ4v) is 4.75. The average molecular weight is 402 g/mol. The summed E-state index contributed by atoms with van der Waals surface area (Å²) in [6.07, 6.45) is 3.40. The van der Waals surface area contributed by atoms with Gasteiger partial charge in [0.2, 0.25) is 20.0 Å². The van der Waals surface area contributed by atoms with Crippen molar-refractivity contribution in [1.29, 1.82) is 0 Å². The topological polar surface area (TPSA) is 113 Å². The monoisotopic (exact) mass is 401 g/mol. The molecule has 1 atom stereocenters. The predicted octanol–water partition coefficient (Wildman–Crippen LogP) is -0.943. The summed E-state index contributed by atoms with van der Waals surface area (Å²) in [4.78, 5) is 4.24. The molecule has 1 saturated heterocycles. The summed E-state index contributed by atoms with van der Waals surface area (Å²) in [6, 6.07) is -0.392. The molecule has 140 valence electrons. The summed E-state index contributed by atoms with van der Waals surface area (Å²) in [5, 5.41) is 3.17. The Hall–Kier alpha value is -0.720. The van der Waals surface area contributed by atoms with E-state index in [2.05, 4.69) is 15.0 Å². The molecule has 0 bridgehead atoms. The number of sulfonamides is 2. The molecule has 1 aromatic rings. The number of halogens is 1. The van der Waals surface area contributed by atoms with Crippen LogP contribution in [0.15, 0.2) is 12.4 Å². The normalized spacial score (nSPS) is 19.8. The van der Waals surface area contributed by atoms with Crippen molar-refractivity contribution in [3.8, 4) is 0 Å². The highest BCUT2D eigenvalue weighted by Gasteiger charge is 2.35. The molecular weight excluding hydrogens is 378 g/mol. The van der Waals surface area contributed by atoms with Crippen LogP contribution in [-0.2, 0) is 27.1 Å². The maximum atomic E-state index is 12.6. The number of aryl methyl sites for hydroxylation is 1. The van der Waals surface area contributed by atoms with Gasteiger partial charge in [-0.15, -0.1) is 12.4 Å². The summed E-state index contributed by atoms with van der Waals surface area (Å²) in [7, 11) is -5.17. The first-order valence-electron chi connectivity index (χ1n) is 7.41. The standard InChI is InChI=1S/C12H23N5O4S2.ClH/c1-3-22(18,19)15-6-9-23(20,21)17-8-4-13-10-11(17)12-14-5-7-16(12)2;/h5,7,11,13,15H,3-4,6,8-10H2,1-2H3;1H. The third kappa shape index (κ3) is 5.14. The van der Waals surface area contributed by atoms with Gasteiger partial charge < -0.3 is 9.88 Å². The quantitative estimate of drug-likeness (QED) is 0.609. The van der Waals surface area contributed by atoms with Crippen molar-refractivity contribution in [3.63, 3.8) is 0 Å². The molecule has 0 spiro atoms. The highest BCUT2D eigenvalue weighted by Crippen LogP contribution is 2.23. The van der Waals surface area contributed by atoms with Crippen molar-refractivity contribution < 1.29 is 16.8 Å². The Kier molecular flexibility index (Phi) is 7.63. The van der Waals surface area contributed by atoms with E-state index < -0.39 is 26.1 Å². The largest absolute Gasteiger partial charge is 0.337 e. The summed E-state index contributed by atoms with van der Waals surface area (Å²) in [5.74, 6) is 0.318. The van der Waals surface area contributed by atoms with Crippen molar-refractivity contribution in [2.45, 2.75) is 13.0 Å². The molecule has 9 nitrogen and oxygen atoms in total. The van der Waals surface area contributed by atoms with E-state index in [1.165, 1.54) is 11.2 Å². The minimum Gasteiger partial charge on any atom is -0.337 e. The van der Waals surface area contributed by atoms with E-state index in [1.807, 2.05) is 7.05 Å². The minimum atomic E-state index is -3.59. The Bertz CT molecular complexity index is 734. The van der Waals surface area contributed by atoms with Crippen molar-refractivity contribution in [3.05, 3.63) is 18.2 Å². The third-order valence-corrected chi connectivity index (χ3v) is 7.05. The van der Waals surface area contributed by atoms with Crippen molar-refractivity contribution in [1.82, 2.24) is 23.9 Å². The first-order valence-corrected chi connectivity index (χ1v) is 10.7. The molecular formula is C12H24ClN5O4S2. The predicted molar refractivity (Wildman–Crippen MR) is 94.0 cm³/mol. The van der Waals surface area contributed by atoms with Gasteiger partial charge in [0.15, 0.2) is 0 Å². The number of hydrogen-bond donors (Lipinski definition) is 2. The number of piperazine rings is 1. The summed E-state index contributed by atoms with van der Waals surface area (Å²) < 4.78 is 53.5. The molecule has 0 aromatic carbocycles. The lowest BCUT2D eigenvalue weighted by Gasteiger charge is -2.34. The van der Waals surface area contributed by atoms with Gasteiger partial charge in [0.25, 0.3) is 0 Å². The van der Waals surface area contributed by atoms with Crippen LogP contribution in [0.1, 0.15) is 18.8 Å². The fourth-order valence-electron chi connectivity index (χ4n) is 2.48. The molecule has 12 heteroatoms. The van der Waals surface area contributed by atoms with E-state index in [-0.39, 0.29) is 30.5 Å². The third-order valence-electron chi connectivity index (χ3n) is 3.77. The van der Waals surface area contributed by atoms with E-state index in [0.29, 0.717) is 25.5 Å². The second kappa shape index (κ2) is 8.59. The van der Waals surface area contributed by atoms with Gasteiger partial charge in [0, 0.05) is 45.6 Å². The lowest BCUT2D eigenvalue weighted by molar-refractivity contribution is 0.258. The van der Waals surface area contributed by atoms with Crippen LogP contribution in [0.25, 0.3) is 0 Å². The highest BCUT2D eigenvalue weighted by molar-refractivity contribution is 7.90. The molecule has 1 fully saturated rings. The average Bonchev–Trinajstić information content (AvgIpc) is 2.93. The van der Waals surface area contributed by atoms with Gasteiger partial charge in [0.05, 0.1) is 17.5 Å². The van der Waals surface area contributed by atoms with Crippen molar-refractivity contribution in [2.75, 3.05) is 37.7 Å². The van der Waals surface area contributed by atoms with Crippen LogP contribution < -0.4 is 10.0 Å². The number of nitrogens with one attached hydrogen (secondary N) is 2. The lowest BCUT2D eigenvalue weighted by atomic mass is 10.2. The van der Waals surface area contributed by atoms with Crippen LogP contribution in [0.4, 0.5) is 0 Å². The first-order chi connectivity index (χ1) is 10.8. The molecule has 0 aliphatic carbocycles. The lowest BCUT2D eigenvalue weighted by Crippen LogP contribution is -2.50. The zero-order valence-corrected chi connectivity index (χ0v) is 16.1. The molecule has 1 aliphatic rings. The minimum absolute atomic E-state index is 0. The molecule has 2 rings (SSSR count). The summed E-state index contributed by atoms with van der Waals surface area (Å²) >= 11 is 0. The fraction of sp³-hybridized carbons (Fsp3) is 0.750. The molecule has 1 aromatic heterocycles. The molecule has 1 unspecified atom stereocenters. The maximum Gasteiger partial charge on any atom is 0.216 e. The smallest absolute Gasteiger partial charge is 0.216 e. The van der Waals surface area contributed by atoms with E-state index in [4.69, 9.17) is 0 Å². The number of aromatic nitrogens is 2. The SMILES string of the molecule is CCS(=O)(=O)NCCS(=O)(=O)N1CCNCC1c1nccn1C.Cl. The highest BCUT2D eigenvalue weighted by atomic mass is 35.5. The number of imidazole rings is 1. The number of hydrogen-bond acceptors (Lipinski definition) is 6. The summed E-state index contributed by atoms with van der Waals surface area (Å²) in [6.45, 7) is 2.74. The zero-order valence-electron chi connectivity index (χ0n) is 13.7. The Morgan fingerprint density at radius 2 is 2.08 bits per heavy atom. The second-order valence-electron chi connectivity index (χ2n) is 5.34. The van der Waals surface area contributed by atoms with E-state index in [1.54, 1.807) is 17.0 Å². The first kappa shape index (κ1) is 21.3. The van der Waals surface area contributed by atoms with Crippen LogP contribution in [0.5, 0.6) is 0 Å². The van der Waals surface area contributed by atoms with Gasteiger partial charge in [0.1, 0.15) is 5.82 Å². The van der Waals surface area contributed by atoms with Gasteiger partial charge in [-0.2, -0.15) is 4.31 Å². The molecule has 0 amide bonds. The van der Waals surface area contributed by atoms with Gasteiger partial charge in [-0.1, -0.05) is 0 Å². The second-order valence-corrected chi connectivity index (χ2v) is 9.48. The molecule has 0 saturated carbocycles. The molecule has 2 heterocycles. The zero-order chi connectivity index (χ0) is 17.1. The Morgan fingerprint density at radius 3 is 2.67 bits per heavy atom. The van der Waals surface area contributed by atoms with Gasteiger partial charge in [-0.25, -0.2) is 26.5 Å². The molecule has 2 N–H and O–H groups in total. The Morgan fingerprint density at radius 1 is 1.38 bits per heavy atom. The number of rotatable bonds is 7. The molecule has 24 heavy (non-hydrogen) atoms. The maximum absolute atomic E-state index is 12.6. The van der Waals surface area contributed by atoms with Gasteiger partial charge in [-0.3, -0.25) is 0 Å². The Labute approximate surface area is 149 Å². The van der Waals surface area contributed by atoms with Crippen molar-refractivity contribution >= 4 is 32.5 Å². The van der Waals surface area contributed by atoms with Crippen LogP contribution in [-0.4, -0.2) is 68.4 Å². The summed E-state index contributed by atoms with van der Waals surface area (Å²) in [5.41, 5.74) is 0. The molecule has 0 radical (unpaired) electrons. The van der Waals surface area contributed by atoms with E-state index in [9.17, 15) is 16.8 Å². The van der Waals surface area contributed by atoms with Crippen molar-refractivity contribution in [2.24, 2.45) is 7.05 Å².